The van der Waals surface area contributed by atoms with Crippen molar-refractivity contribution in [3.8, 4) is 0 Å². The second kappa shape index (κ2) is 4.59. The molecule has 18 heavy (non-hydrogen) atoms. The van der Waals surface area contributed by atoms with E-state index in [1.54, 1.807) is 17.8 Å². The van der Waals surface area contributed by atoms with Crippen molar-refractivity contribution in [2.45, 2.75) is 34.8 Å². The highest BCUT2D eigenvalue weighted by Crippen LogP contribution is 2.40. The summed E-state index contributed by atoms with van der Waals surface area (Å²) >= 11 is 7.88. The number of rotatable bonds is 2. The first kappa shape index (κ1) is 12.1. The molecule has 1 fully saturated rings. The normalized spacial score (nSPS) is 26.3. The van der Waals surface area contributed by atoms with Crippen molar-refractivity contribution >= 4 is 35.2 Å². The Balaban J connectivity index is 1.94. The molecule has 1 saturated carbocycles. The summed E-state index contributed by atoms with van der Waals surface area (Å²) in [6.07, 6.45) is 3.23. The Bertz CT molecular complexity index is 532. The number of hydrogen-bond acceptors (Lipinski definition) is 3. The minimum Gasteiger partial charge on any atom is -0.288 e. The molecule has 1 heterocycles. The standard InChI is InChI=1S/C13H12ClNO2S/c14-8-4-2-5-9(8)18-10-6-1-3-7-11(10)13(17)15-12(7)16/h1,3,6,8-9H,2,4-5H2,(H,15,16,17). The number of carbonyl (C=O) groups is 2. The van der Waals surface area contributed by atoms with E-state index in [4.69, 9.17) is 11.6 Å². The molecule has 1 aromatic carbocycles. The van der Waals surface area contributed by atoms with Crippen LogP contribution >= 0.6 is 23.4 Å². The summed E-state index contributed by atoms with van der Waals surface area (Å²) in [7, 11) is 0. The Morgan fingerprint density at radius 2 is 2.06 bits per heavy atom. The molecule has 5 heteroatoms. The van der Waals surface area contributed by atoms with E-state index in [9.17, 15) is 9.59 Å². The number of benzene rings is 1. The molecule has 1 aromatic rings. The number of alkyl halides is 1. The lowest BCUT2D eigenvalue weighted by Gasteiger charge is -2.14. The zero-order valence-corrected chi connectivity index (χ0v) is 11.2. The third kappa shape index (κ3) is 1.93. The lowest BCUT2D eigenvalue weighted by atomic mass is 10.1. The molecule has 1 aliphatic carbocycles. The lowest BCUT2D eigenvalue weighted by molar-refractivity contribution is 0.0879. The number of hydrogen-bond donors (Lipinski definition) is 1. The van der Waals surface area contributed by atoms with Crippen molar-refractivity contribution in [3.63, 3.8) is 0 Å². The predicted octanol–water partition coefficient (Wildman–Crippen LogP) is 2.82. The van der Waals surface area contributed by atoms with Gasteiger partial charge in [0.25, 0.3) is 11.8 Å². The minimum atomic E-state index is -0.300. The van der Waals surface area contributed by atoms with Gasteiger partial charge in [-0.05, 0) is 25.0 Å². The zero-order valence-electron chi connectivity index (χ0n) is 9.61. The average molecular weight is 282 g/mol. The first-order chi connectivity index (χ1) is 8.66. The molecule has 2 amide bonds. The summed E-state index contributed by atoms with van der Waals surface area (Å²) in [4.78, 5) is 24.2. The van der Waals surface area contributed by atoms with Gasteiger partial charge in [0.05, 0.1) is 11.1 Å². The van der Waals surface area contributed by atoms with Crippen LogP contribution in [0.4, 0.5) is 0 Å². The van der Waals surface area contributed by atoms with Crippen molar-refractivity contribution in [1.82, 2.24) is 5.32 Å². The first-order valence-corrected chi connectivity index (χ1v) is 7.28. The summed E-state index contributed by atoms with van der Waals surface area (Å²) in [6, 6.07) is 5.40. The quantitative estimate of drug-likeness (QED) is 0.670. The fourth-order valence-corrected chi connectivity index (χ4v) is 4.27. The Morgan fingerprint density at radius 1 is 1.22 bits per heavy atom. The van der Waals surface area contributed by atoms with E-state index in [-0.39, 0.29) is 17.2 Å². The van der Waals surface area contributed by atoms with Crippen LogP contribution in [0.2, 0.25) is 0 Å². The van der Waals surface area contributed by atoms with E-state index < -0.39 is 0 Å². The molecule has 1 N–H and O–H groups in total. The maximum atomic E-state index is 11.8. The second-order valence-electron chi connectivity index (χ2n) is 4.57. The smallest absolute Gasteiger partial charge is 0.260 e. The van der Waals surface area contributed by atoms with E-state index in [0.29, 0.717) is 16.4 Å². The van der Waals surface area contributed by atoms with Crippen molar-refractivity contribution < 1.29 is 9.59 Å². The molecule has 2 aliphatic rings. The number of imide groups is 1. The van der Waals surface area contributed by atoms with E-state index in [1.165, 1.54) is 0 Å². The van der Waals surface area contributed by atoms with Crippen molar-refractivity contribution in [1.29, 1.82) is 0 Å². The maximum Gasteiger partial charge on any atom is 0.260 e. The predicted molar refractivity (Wildman–Crippen MR) is 71.4 cm³/mol. The number of carbonyl (C=O) groups excluding carboxylic acids is 2. The maximum absolute atomic E-state index is 11.8. The number of amides is 2. The van der Waals surface area contributed by atoms with E-state index in [2.05, 4.69) is 5.32 Å². The summed E-state index contributed by atoms with van der Waals surface area (Å²) in [5.74, 6) is -0.589. The van der Waals surface area contributed by atoms with Gasteiger partial charge in [0.2, 0.25) is 0 Å². The van der Waals surface area contributed by atoms with Crippen molar-refractivity contribution in [2.24, 2.45) is 0 Å². The largest absolute Gasteiger partial charge is 0.288 e. The molecule has 2 unspecified atom stereocenters. The molecule has 3 nitrogen and oxygen atoms in total. The Morgan fingerprint density at radius 3 is 2.78 bits per heavy atom. The SMILES string of the molecule is O=C1NC(=O)c2c(SC3CCCC3Cl)cccc21. The molecule has 0 bridgehead atoms. The van der Waals surface area contributed by atoms with E-state index in [1.807, 2.05) is 12.1 Å². The van der Waals surface area contributed by atoms with E-state index in [0.717, 1.165) is 24.2 Å². The Hall–Kier alpha value is -1.00. The second-order valence-corrected chi connectivity index (χ2v) is 6.41. The summed E-state index contributed by atoms with van der Waals surface area (Å²) in [5.41, 5.74) is 0.998. The minimum absolute atomic E-state index is 0.158. The van der Waals surface area contributed by atoms with Crippen LogP contribution in [-0.2, 0) is 0 Å². The number of halogens is 1. The number of thioether (sulfide) groups is 1. The Labute approximate surface area is 114 Å². The number of nitrogens with one attached hydrogen (secondary N) is 1. The molecular formula is C13H12ClNO2S. The van der Waals surface area contributed by atoms with Crippen molar-refractivity contribution in [2.75, 3.05) is 0 Å². The van der Waals surface area contributed by atoms with Gasteiger partial charge in [-0.15, -0.1) is 23.4 Å². The van der Waals surface area contributed by atoms with Crippen LogP contribution in [0.1, 0.15) is 40.0 Å². The first-order valence-electron chi connectivity index (χ1n) is 5.96. The molecular weight excluding hydrogens is 270 g/mol. The van der Waals surface area contributed by atoms with Crippen LogP contribution in [0.5, 0.6) is 0 Å². The van der Waals surface area contributed by atoms with E-state index >= 15 is 0 Å². The molecule has 0 radical (unpaired) electrons. The van der Waals surface area contributed by atoms with Gasteiger partial charge >= 0.3 is 0 Å². The molecule has 1 aliphatic heterocycles. The van der Waals surface area contributed by atoms with Crippen LogP contribution < -0.4 is 5.32 Å². The van der Waals surface area contributed by atoms with Crippen LogP contribution in [0.15, 0.2) is 23.1 Å². The van der Waals surface area contributed by atoms with Gasteiger partial charge in [-0.25, -0.2) is 0 Å². The number of fused-ring (bicyclic) bond motifs is 1. The molecule has 0 saturated heterocycles. The third-order valence-electron chi connectivity index (χ3n) is 3.38. The van der Waals surface area contributed by atoms with Crippen LogP contribution in [0, 0.1) is 0 Å². The fourth-order valence-electron chi connectivity index (χ4n) is 2.46. The molecule has 0 aromatic heterocycles. The molecule has 94 valence electrons. The van der Waals surface area contributed by atoms with Crippen LogP contribution in [0.25, 0.3) is 0 Å². The highest BCUT2D eigenvalue weighted by molar-refractivity contribution is 8.00. The third-order valence-corrected chi connectivity index (χ3v) is 5.51. The summed E-state index contributed by atoms with van der Waals surface area (Å²) in [5, 5.41) is 2.83. The fraction of sp³-hybridized carbons (Fsp3) is 0.385. The average Bonchev–Trinajstić information content (AvgIpc) is 2.86. The van der Waals surface area contributed by atoms with Gasteiger partial charge in [-0.2, -0.15) is 0 Å². The van der Waals surface area contributed by atoms with Crippen molar-refractivity contribution in [3.05, 3.63) is 29.3 Å². The summed E-state index contributed by atoms with van der Waals surface area (Å²) < 4.78 is 0. The van der Waals surface area contributed by atoms with Gasteiger partial charge in [-0.3, -0.25) is 14.9 Å². The van der Waals surface area contributed by atoms with Gasteiger partial charge in [0.15, 0.2) is 0 Å². The van der Waals surface area contributed by atoms with Crippen LogP contribution in [-0.4, -0.2) is 22.4 Å². The zero-order chi connectivity index (χ0) is 12.7. The molecule has 3 rings (SSSR count). The highest BCUT2D eigenvalue weighted by atomic mass is 35.5. The van der Waals surface area contributed by atoms with Gasteiger partial charge in [-0.1, -0.05) is 12.5 Å². The van der Waals surface area contributed by atoms with Crippen LogP contribution in [0.3, 0.4) is 0 Å². The highest BCUT2D eigenvalue weighted by Gasteiger charge is 2.32. The lowest BCUT2D eigenvalue weighted by Crippen LogP contribution is -2.20. The van der Waals surface area contributed by atoms with Gasteiger partial charge < -0.3 is 0 Å². The Kier molecular flexibility index (Phi) is 3.08. The monoisotopic (exact) mass is 281 g/mol. The summed E-state index contributed by atoms with van der Waals surface area (Å²) in [6.45, 7) is 0. The van der Waals surface area contributed by atoms with Gasteiger partial charge in [0.1, 0.15) is 0 Å². The molecule has 2 atom stereocenters. The molecule has 0 spiro atoms. The van der Waals surface area contributed by atoms with Gasteiger partial charge in [0, 0.05) is 15.5 Å². The topological polar surface area (TPSA) is 46.2 Å².